The molecule has 3 rings (SSSR count). The topological polar surface area (TPSA) is 71.5 Å². The molecule has 3 heterocycles. The van der Waals surface area contributed by atoms with Crippen molar-refractivity contribution in [3.8, 4) is 11.4 Å². The fourth-order valence-electron chi connectivity index (χ4n) is 1.88. The molecule has 0 amide bonds. The summed E-state index contributed by atoms with van der Waals surface area (Å²) in [6, 6.07) is 5.15. The van der Waals surface area contributed by atoms with Gasteiger partial charge in [0.25, 0.3) is 0 Å². The van der Waals surface area contributed by atoms with E-state index in [1.807, 2.05) is 19.1 Å². The van der Waals surface area contributed by atoms with Gasteiger partial charge in [-0.2, -0.15) is 0 Å². The highest BCUT2D eigenvalue weighted by molar-refractivity contribution is 5.78. The quantitative estimate of drug-likeness (QED) is 0.700. The maximum Gasteiger partial charge on any atom is 0.192 e. The second kappa shape index (κ2) is 4.03. The molecule has 0 atom stereocenters. The molecule has 0 aromatic carbocycles. The summed E-state index contributed by atoms with van der Waals surface area (Å²) in [4.78, 5) is 27.4. The normalized spacial score (nSPS) is 10.7. The largest absolute Gasteiger partial charge is 0.346 e. The molecule has 0 unspecified atom stereocenters. The van der Waals surface area contributed by atoms with Crippen molar-refractivity contribution in [1.82, 2.24) is 19.9 Å². The molecule has 3 aromatic rings. The zero-order valence-electron chi connectivity index (χ0n) is 9.71. The van der Waals surface area contributed by atoms with Gasteiger partial charge in [0.2, 0.25) is 0 Å². The average molecular weight is 238 g/mol. The van der Waals surface area contributed by atoms with Crippen molar-refractivity contribution in [1.29, 1.82) is 0 Å². The van der Waals surface area contributed by atoms with Crippen molar-refractivity contribution in [2.45, 2.75) is 6.92 Å². The Labute approximate surface area is 103 Å². The van der Waals surface area contributed by atoms with Gasteiger partial charge in [-0.3, -0.25) is 9.78 Å². The van der Waals surface area contributed by atoms with Crippen molar-refractivity contribution >= 4 is 11.0 Å². The minimum Gasteiger partial charge on any atom is -0.346 e. The lowest BCUT2D eigenvalue weighted by Crippen LogP contribution is -2.06. The fraction of sp³-hybridized carbons (Fsp3) is 0.0769. The molecular formula is C13H10N4O. The van der Waals surface area contributed by atoms with Crippen LogP contribution in [0.5, 0.6) is 0 Å². The summed E-state index contributed by atoms with van der Waals surface area (Å²) < 4.78 is 0. The summed E-state index contributed by atoms with van der Waals surface area (Å²) in [6.07, 6.45) is 4.96. The summed E-state index contributed by atoms with van der Waals surface area (Å²) in [6.45, 7) is 1.81. The van der Waals surface area contributed by atoms with E-state index in [0.29, 0.717) is 22.6 Å². The van der Waals surface area contributed by atoms with Gasteiger partial charge in [-0.05, 0) is 19.1 Å². The molecular weight excluding hydrogens is 228 g/mol. The number of H-pyrrole nitrogens is 1. The minimum absolute atomic E-state index is 0.0671. The molecule has 0 spiro atoms. The average Bonchev–Trinajstić information content (AvgIpc) is 2.39. The van der Waals surface area contributed by atoms with Gasteiger partial charge < -0.3 is 4.98 Å². The van der Waals surface area contributed by atoms with Crippen molar-refractivity contribution in [3.05, 3.63) is 52.7 Å². The van der Waals surface area contributed by atoms with E-state index in [-0.39, 0.29) is 5.43 Å². The monoisotopic (exact) mass is 238 g/mol. The van der Waals surface area contributed by atoms with Crippen molar-refractivity contribution in [3.63, 3.8) is 0 Å². The van der Waals surface area contributed by atoms with E-state index in [4.69, 9.17) is 0 Å². The van der Waals surface area contributed by atoms with E-state index in [0.717, 1.165) is 5.56 Å². The number of nitrogens with zero attached hydrogens (tertiary/aromatic N) is 3. The first-order chi connectivity index (χ1) is 8.75. The van der Waals surface area contributed by atoms with Crippen LogP contribution in [0.2, 0.25) is 0 Å². The second-order valence-electron chi connectivity index (χ2n) is 3.93. The molecule has 3 aromatic heterocycles. The summed E-state index contributed by atoms with van der Waals surface area (Å²) in [5.74, 6) is 0.587. The number of aromatic amines is 1. The number of rotatable bonds is 1. The van der Waals surface area contributed by atoms with Gasteiger partial charge in [0.05, 0.1) is 11.1 Å². The highest BCUT2D eigenvalue weighted by Gasteiger charge is 2.08. The van der Waals surface area contributed by atoms with Gasteiger partial charge in [0.15, 0.2) is 11.3 Å². The predicted molar refractivity (Wildman–Crippen MR) is 68.1 cm³/mol. The molecule has 0 radical (unpaired) electrons. The Hall–Kier alpha value is -2.56. The maximum absolute atomic E-state index is 11.7. The van der Waals surface area contributed by atoms with Crippen molar-refractivity contribution < 1.29 is 0 Å². The van der Waals surface area contributed by atoms with Crippen LogP contribution in [0.1, 0.15) is 5.69 Å². The number of hydrogen-bond acceptors (Lipinski definition) is 4. The van der Waals surface area contributed by atoms with Crippen LogP contribution in [0.15, 0.2) is 41.6 Å². The molecule has 0 bridgehead atoms. The lowest BCUT2D eigenvalue weighted by molar-refractivity contribution is 1.12. The first kappa shape index (κ1) is 10.6. The third-order valence-corrected chi connectivity index (χ3v) is 2.73. The van der Waals surface area contributed by atoms with Gasteiger partial charge in [-0.25, -0.2) is 9.97 Å². The smallest absolute Gasteiger partial charge is 0.192 e. The number of aromatic nitrogens is 4. The standard InChI is InChI=1S/C13H10N4O/c1-8-11-10(18)4-7-15-13(11)17-12(16-8)9-2-5-14-6-3-9/h2-7H,1H3,(H,15,16,17,18). The molecule has 18 heavy (non-hydrogen) atoms. The Morgan fingerprint density at radius 1 is 1.11 bits per heavy atom. The molecule has 0 aliphatic heterocycles. The Balaban J connectivity index is 2.32. The number of hydrogen-bond donors (Lipinski definition) is 1. The first-order valence-corrected chi connectivity index (χ1v) is 5.52. The SMILES string of the molecule is Cc1nc(-c2ccncc2)nc2[nH]ccc(=O)c12. The van der Waals surface area contributed by atoms with E-state index in [1.54, 1.807) is 18.6 Å². The van der Waals surface area contributed by atoms with Gasteiger partial charge in [-0.15, -0.1) is 0 Å². The van der Waals surface area contributed by atoms with Crippen LogP contribution in [0.25, 0.3) is 22.4 Å². The molecule has 0 aliphatic carbocycles. The third-order valence-electron chi connectivity index (χ3n) is 2.73. The second-order valence-corrected chi connectivity index (χ2v) is 3.93. The Bertz CT molecular complexity index is 765. The van der Waals surface area contributed by atoms with Crippen LogP contribution in [-0.2, 0) is 0 Å². The summed E-state index contributed by atoms with van der Waals surface area (Å²) >= 11 is 0. The van der Waals surface area contributed by atoms with Crippen LogP contribution >= 0.6 is 0 Å². The van der Waals surface area contributed by atoms with Gasteiger partial charge in [-0.1, -0.05) is 0 Å². The Morgan fingerprint density at radius 3 is 2.67 bits per heavy atom. The van der Waals surface area contributed by atoms with Crippen LogP contribution in [0, 0.1) is 6.92 Å². The van der Waals surface area contributed by atoms with Gasteiger partial charge in [0.1, 0.15) is 5.65 Å². The van der Waals surface area contributed by atoms with E-state index >= 15 is 0 Å². The van der Waals surface area contributed by atoms with E-state index in [1.165, 1.54) is 6.07 Å². The summed E-state index contributed by atoms with van der Waals surface area (Å²) in [7, 11) is 0. The highest BCUT2D eigenvalue weighted by Crippen LogP contribution is 2.17. The van der Waals surface area contributed by atoms with Crippen LogP contribution < -0.4 is 5.43 Å². The molecule has 88 valence electrons. The van der Waals surface area contributed by atoms with Gasteiger partial charge >= 0.3 is 0 Å². The third kappa shape index (κ3) is 1.66. The zero-order chi connectivity index (χ0) is 12.5. The zero-order valence-corrected chi connectivity index (χ0v) is 9.71. The Morgan fingerprint density at radius 2 is 1.89 bits per heavy atom. The van der Waals surface area contributed by atoms with Crippen molar-refractivity contribution in [2.24, 2.45) is 0 Å². The first-order valence-electron chi connectivity index (χ1n) is 5.52. The Kier molecular flexibility index (Phi) is 2.37. The molecule has 5 heteroatoms. The van der Waals surface area contributed by atoms with Crippen LogP contribution in [0.3, 0.4) is 0 Å². The molecule has 1 N–H and O–H groups in total. The number of aryl methyl sites for hydroxylation is 1. The highest BCUT2D eigenvalue weighted by atomic mass is 16.1. The number of fused-ring (bicyclic) bond motifs is 1. The number of nitrogens with one attached hydrogen (secondary N) is 1. The maximum atomic E-state index is 11.7. The summed E-state index contributed by atoms with van der Waals surface area (Å²) in [5.41, 5.74) is 2.04. The number of pyridine rings is 2. The fourth-order valence-corrected chi connectivity index (χ4v) is 1.88. The minimum atomic E-state index is -0.0671. The van der Waals surface area contributed by atoms with Gasteiger partial charge in [0, 0.05) is 30.2 Å². The van der Waals surface area contributed by atoms with E-state index in [9.17, 15) is 4.79 Å². The molecule has 0 fully saturated rings. The molecule has 0 aliphatic rings. The lowest BCUT2D eigenvalue weighted by Gasteiger charge is -2.04. The van der Waals surface area contributed by atoms with E-state index < -0.39 is 0 Å². The van der Waals surface area contributed by atoms with E-state index in [2.05, 4.69) is 19.9 Å². The predicted octanol–water partition coefficient (Wildman–Crippen LogP) is 1.69. The van der Waals surface area contributed by atoms with Crippen molar-refractivity contribution in [2.75, 3.05) is 0 Å². The summed E-state index contributed by atoms with van der Waals surface area (Å²) in [5, 5.41) is 0.537. The lowest BCUT2D eigenvalue weighted by atomic mass is 10.2. The molecule has 5 nitrogen and oxygen atoms in total. The van der Waals surface area contributed by atoms with Crippen LogP contribution in [-0.4, -0.2) is 19.9 Å². The molecule has 0 saturated carbocycles. The van der Waals surface area contributed by atoms with Crippen LogP contribution in [0.4, 0.5) is 0 Å². The molecule has 0 saturated heterocycles.